The molecule has 0 atom stereocenters. The highest BCUT2D eigenvalue weighted by atomic mass is 32.1. The van der Waals surface area contributed by atoms with E-state index in [1.807, 2.05) is 39.2 Å². The molecule has 4 nitrogen and oxygen atoms in total. The van der Waals surface area contributed by atoms with Gasteiger partial charge in [0.05, 0.1) is 18.8 Å². The predicted molar refractivity (Wildman–Crippen MR) is 71.0 cm³/mol. The molecular weight excluding hydrogens is 246 g/mol. The van der Waals surface area contributed by atoms with Crippen LogP contribution >= 0.6 is 11.3 Å². The Labute approximate surface area is 109 Å². The summed E-state index contributed by atoms with van der Waals surface area (Å²) in [5.41, 5.74) is 1.10. The molecule has 0 aliphatic carbocycles. The van der Waals surface area contributed by atoms with Gasteiger partial charge in [-0.2, -0.15) is 5.10 Å². The molecule has 1 aliphatic rings. The molecule has 0 aromatic carbocycles. The molecule has 92 valence electrons. The molecule has 2 aromatic heterocycles. The molecule has 0 unspecified atom stereocenters. The minimum Gasteiger partial charge on any atom is -0.331 e. The Hall–Kier alpha value is -1.88. The van der Waals surface area contributed by atoms with Crippen molar-refractivity contribution in [1.29, 1.82) is 0 Å². The molecule has 1 aliphatic heterocycles. The maximum Gasteiger partial charge on any atom is 0.247 e. The van der Waals surface area contributed by atoms with E-state index in [-0.39, 0.29) is 5.91 Å². The van der Waals surface area contributed by atoms with Gasteiger partial charge < -0.3 is 4.90 Å². The lowest BCUT2D eigenvalue weighted by Gasteiger charge is -2.26. The number of aromatic nitrogens is 2. The third kappa shape index (κ3) is 2.22. The zero-order valence-electron chi connectivity index (χ0n) is 9.82. The molecular formula is C13H13N3OS. The van der Waals surface area contributed by atoms with Gasteiger partial charge in [-0.1, -0.05) is 6.07 Å². The first-order valence-electron chi connectivity index (χ1n) is 5.84. The minimum atomic E-state index is 0.0656. The fourth-order valence-electron chi connectivity index (χ4n) is 2.02. The molecule has 0 saturated heterocycles. The van der Waals surface area contributed by atoms with Crippen molar-refractivity contribution in [3.8, 4) is 0 Å². The molecule has 1 amide bonds. The second-order valence-corrected chi connectivity index (χ2v) is 5.13. The van der Waals surface area contributed by atoms with Crippen molar-refractivity contribution in [1.82, 2.24) is 14.7 Å². The fourth-order valence-corrected chi connectivity index (χ4v) is 2.64. The number of fused-ring (bicyclic) bond motifs is 1. The van der Waals surface area contributed by atoms with Crippen LogP contribution in [0.25, 0.3) is 6.08 Å². The molecule has 0 bridgehead atoms. The third-order valence-corrected chi connectivity index (χ3v) is 3.82. The van der Waals surface area contributed by atoms with E-state index in [4.69, 9.17) is 0 Å². The summed E-state index contributed by atoms with van der Waals surface area (Å²) < 4.78 is 1.95. The summed E-state index contributed by atoms with van der Waals surface area (Å²) in [7, 11) is 0. The van der Waals surface area contributed by atoms with Crippen LogP contribution in [0.5, 0.6) is 0 Å². The van der Waals surface area contributed by atoms with Crippen LogP contribution in [0.1, 0.15) is 10.6 Å². The maximum absolute atomic E-state index is 12.0. The number of thiophene rings is 1. The van der Waals surface area contributed by atoms with Gasteiger partial charge in [-0.15, -0.1) is 11.3 Å². The van der Waals surface area contributed by atoms with E-state index >= 15 is 0 Å². The Balaban J connectivity index is 1.68. The lowest BCUT2D eigenvalue weighted by Crippen LogP contribution is -2.37. The van der Waals surface area contributed by atoms with Gasteiger partial charge in [-0.25, -0.2) is 0 Å². The third-order valence-electron chi connectivity index (χ3n) is 2.98. The number of carbonyl (C=O) groups is 1. The molecule has 3 heterocycles. The standard InChI is InChI=1S/C13H13N3OS/c17-13(4-3-12-2-1-9-18-12)15-7-8-16-11(10-15)5-6-14-16/h1-6,9H,7-8,10H2. The highest BCUT2D eigenvalue weighted by Crippen LogP contribution is 2.13. The van der Waals surface area contributed by atoms with E-state index in [2.05, 4.69) is 5.10 Å². The second kappa shape index (κ2) is 4.78. The monoisotopic (exact) mass is 259 g/mol. The van der Waals surface area contributed by atoms with Crippen molar-refractivity contribution in [2.75, 3.05) is 6.54 Å². The highest BCUT2D eigenvalue weighted by Gasteiger charge is 2.18. The Bertz CT molecular complexity index is 571. The largest absolute Gasteiger partial charge is 0.331 e. The number of hydrogen-bond acceptors (Lipinski definition) is 3. The summed E-state index contributed by atoms with van der Waals surface area (Å²) in [4.78, 5) is 15.0. The van der Waals surface area contributed by atoms with Gasteiger partial charge >= 0.3 is 0 Å². The van der Waals surface area contributed by atoms with Gasteiger partial charge in [0.25, 0.3) is 0 Å². The van der Waals surface area contributed by atoms with E-state index in [9.17, 15) is 4.79 Å². The summed E-state index contributed by atoms with van der Waals surface area (Å²) in [6.45, 7) is 2.15. The van der Waals surface area contributed by atoms with E-state index < -0.39 is 0 Å². The van der Waals surface area contributed by atoms with Gasteiger partial charge in [0.1, 0.15) is 0 Å². The average molecular weight is 259 g/mol. The average Bonchev–Trinajstić information content (AvgIpc) is 3.05. The van der Waals surface area contributed by atoms with Gasteiger partial charge in [-0.3, -0.25) is 9.48 Å². The molecule has 0 spiro atoms. The van der Waals surface area contributed by atoms with Crippen molar-refractivity contribution in [2.45, 2.75) is 13.1 Å². The fraction of sp³-hybridized carbons (Fsp3) is 0.231. The summed E-state index contributed by atoms with van der Waals surface area (Å²) >= 11 is 1.63. The molecule has 0 fully saturated rings. The number of hydrogen-bond donors (Lipinski definition) is 0. The van der Waals surface area contributed by atoms with E-state index in [0.717, 1.165) is 23.7 Å². The van der Waals surface area contributed by atoms with Gasteiger partial charge in [0.2, 0.25) is 5.91 Å². The number of rotatable bonds is 2. The van der Waals surface area contributed by atoms with E-state index in [1.54, 1.807) is 23.6 Å². The maximum atomic E-state index is 12.0. The Kier molecular flexibility index (Phi) is 2.98. The Morgan fingerprint density at radius 1 is 1.39 bits per heavy atom. The molecule has 2 aromatic rings. The smallest absolute Gasteiger partial charge is 0.247 e. The minimum absolute atomic E-state index is 0.0656. The number of amides is 1. The SMILES string of the molecule is O=C(C=Cc1cccs1)N1CCn2nccc2C1. The van der Waals surface area contributed by atoms with Crippen molar-refractivity contribution in [2.24, 2.45) is 0 Å². The lowest BCUT2D eigenvalue weighted by molar-refractivity contribution is -0.127. The summed E-state index contributed by atoms with van der Waals surface area (Å²) in [5, 5.41) is 6.20. The van der Waals surface area contributed by atoms with E-state index in [1.165, 1.54) is 0 Å². The zero-order valence-corrected chi connectivity index (χ0v) is 10.6. The van der Waals surface area contributed by atoms with Crippen molar-refractivity contribution in [3.05, 3.63) is 46.4 Å². The van der Waals surface area contributed by atoms with Crippen LogP contribution in [0.3, 0.4) is 0 Å². The van der Waals surface area contributed by atoms with Crippen LogP contribution in [0, 0.1) is 0 Å². The van der Waals surface area contributed by atoms with Crippen LogP contribution in [0.4, 0.5) is 0 Å². The molecule has 0 N–H and O–H groups in total. The van der Waals surface area contributed by atoms with E-state index in [0.29, 0.717) is 6.54 Å². The van der Waals surface area contributed by atoms with Gasteiger partial charge in [0.15, 0.2) is 0 Å². The second-order valence-electron chi connectivity index (χ2n) is 4.15. The Morgan fingerprint density at radius 3 is 3.17 bits per heavy atom. The van der Waals surface area contributed by atoms with Gasteiger partial charge in [-0.05, 0) is 23.6 Å². The molecule has 5 heteroatoms. The molecule has 0 saturated carbocycles. The molecule has 18 heavy (non-hydrogen) atoms. The molecule has 3 rings (SSSR count). The normalized spacial score (nSPS) is 15.0. The zero-order chi connectivity index (χ0) is 12.4. The first-order chi connectivity index (χ1) is 8.83. The summed E-state index contributed by atoms with van der Waals surface area (Å²) in [6.07, 6.45) is 5.31. The van der Waals surface area contributed by atoms with Gasteiger partial charge in [0, 0.05) is 23.7 Å². The van der Waals surface area contributed by atoms with Crippen molar-refractivity contribution in [3.63, 3.8) is 0 Å². The van der Waals surface area contributed by atoms with Crippen LogP contribution in [0.2, 0.25) is 0 Å². The quantitative estimate of drug-likeness (QED) is 0.774. The van der Waals surface area contributed by atoms with Crippen LogP contribution in [-0.4, -0.2) is 27.1 Å². The first-order valence-corrected chi connectivity index (χ1v) is 6.72. The van der Waals surface area contributed by atoms with Crippen LogP contribution in [-0.2, 0) is 17.9 Å². The van der Waals surface area contributed by atoms with Crippen LogP contribution in [0.15, 0.2) is 35.9 Å². The van der Waals surface area contributed by atoms with Crippen molar-refractivity contribution >= 4 is 23.3 Å². The number of carbonyl (C=O) groups excluding carboxylic acids is 1. The van der Waals surface area contributed by atoms with Crippen molar-refractivity contribution < 1.29 is 4.79 Å². The first kappa shape index (κ1) is 11.2. The van der Waals surface area contributed by atoms with Crippen LogP contribution < -0.4 is 0 Å². The number of nitrogens with zero attached hydrogens (tertiary/aromatic N) is 3. The summed E-state index contributed by atoms with van der Waals surface area (Å²) in [5.74, 6) is 0.0656. The highest BCUT2D eigenvalue weighted by molar-refractivity contribution is 7.10. The molecule has 0 radical (unpaired) electrons. The predicted octanol–water partition coefficient (Wildman–Crippen LogP) is 2.00. The summed E-state index contributed by atoms with van der Waals surface area (Å²) in [6, 6.07) is 5.94. The Morgan fingerprint density at radius 2 is 2.33 bits per heavy atom. The topological polar surface area (TPSA) is 38.1 Å². The lowest BCUT2D eigenvalue weighted by atomic mass is 10.3.